The van der Waals surface area contributed by atoms with Crippen molar-refractivity contribution in [3.05, 3.63) is 54.2 Å². The Morgan fingerprint density at radius 1 is 1.23 bits per heavy atom. The third-order valence-corrected chi connectivity index (χ3v) is 2.08. The van der Waals surface area contributed by atoms with Gasteiger partial charge in [-0.3, -0.25) is 0 Å². The van der Waals surface area contributed by atoms with Gasteiger partial charge in [0.1, 0.15) is 0 Å². The molecule has 0 amide bonds. The van der Waals surface area contributed by atoms with Gasteiger partial charge in [-0.25, -0.2) is 0 Å². The molecule has 66 valence electrons. The lowest BCUT2D eigenvalue weighted by atomic mass is 10.2. The van der Waals surface area contributed by atoms with Crippen LogP contribution in [0.2, 0.25) is 0 Å². The lowest BCUT2D eigenvalue weighted by molar-refractivity contribution is -0.697. The normalized spacial score (nSPS) is 10.2. The second-order valence-electron chi connectivity index (χ2n) is 3.04. The first kappa shape index (κ1) is 8.05. The average Bonchev–Trinajstić information content (AvgIpc) is 2.54. The van der Waals surface area contributed by atoms with Gasteiger partial charge in [0.25, 0.3) is 0 Å². The fourth-order valence-electron chi connectivity index (χ4n) is 1.32. The number of aryl methyl sites for hydroxylation is 1. The van der Waals surface area contributed by atoms with Gasteiger partial charge >= 0.3 is 5.89 Å². The SMILES string of the molecule is Cc1occ[n+]1Cc1ccccc1. The van der Waals surface area contributed by atoms with Crippen LogP contribution in [0.15, 0.2) is 47.2 Å². The van der Waals surface area contributed by atoms with Gasteiger partial charge in [0.15, 0.2) is 12.8 Å². The van der Waals surface area contributed by atoms with E-state index >= 15 is 0 Å². The van der Waals surface area contributed by atoms with Crippen molar-refractivity contribution in [3.63, 3.8) is 0 Å². The topological polar surface area (TPSA) is 17.0 Å². The molecule has 0 spiro atoms. The van der Waals surface area contributed by atoms with E-state index in [1.165, 1.54) is 5.56 Å². The highest BCUT2D eigenvalue weighted by atomic mass is 16.3. The van der Waals surface area contributed by atoms with E-state index in [1.807, 2.05) is 31.3 Å². The van der Waals surface area contributed by atoms with Crippen LogP contribution in [-0.2, 0) is 6.54 Å². The van der Waals surface area contributed by atoms with Gasteiger partial charge < -0.3 is 4.42 Å². The predicted octanol–water partition coefficient (Wildman–Crippen LogP) is 1.92. The van der Waals surface area contributed by atoms with Gasteiger partial charge in [0.05, 0.1) is 6.92 Å². The second-order valence-corrected chi connectivity index (χ2v) is 3.04. The number of rotatable bonds is 2. The van der Waals surface area contributed by atoms with Gasteiger partial charge in [0, 0.05) is 5.56 Å². The first-order valence-electron chi connectivity index (χ1n) is 4.34. The molecule has 0 unspecified atom stereocenters. The summed E-state index contributed by atoms with van der Waals surface area (Å²) in [6.07, 6.45) is 3.65. The van der Waals surface area contributed by atoms with Crippen molar-refractivity contribution >= 4 is 0 Å². The molecule has 2 nitrogen and oxygen atoms in total. The van der Waals surface area contributed by atoms with Crippen LogP contribution in [0.4, 0.5) is 0 Å². The van der Waals surface area contributed by atoms with Crippen LogP contribution in [0.5, 0.6) is 0 Å². The zero-order valence-corrected chi connectivity index (χ0v) is 7.60. The van der Waals surface area contributed by atoms with E-state index in [2.05, 4.69) is 16.7 Å². The molecule has 2 rings (SSSR count). The zero-order valence-electron chi connectivity index (χ0n) is 7.60. The lowest BCUT2D eigenvalue weighted by Crippen LogP contribution is -2.34. The van der Waals surface area contributed by atoms with Gasteiger partial charge in [-0.1, -0.05) is 30.3 Å². The van der Waals surface area contributed by atoms with Gasteiger partial charge in [0.2, 0.25) is 6.20 Å². The highest BCUT2D eigenvalue weighted by molar-refractivity contribution is 5.13. The molecule has 2 aromatic rings. The fraction of sp³-hybridized carbons (Fsp3) is 0.182. The second kappa shape index (κ2) is 3.44. The summed E-state index contributed by atoms with van der Waals surface area (Å²) >= 11 is 0. The van der Waals surface area contributed by atoms with Gasteiger partial charge in [-0.15, -0.1) is 0 Å². The van der Waals surface area contributed by atoms with Crippen molar-refractivity contribution in [2.75, 3.05) is 0 Å². The minimum atomic E-state index is 0.878. The van der Waals surface area contributed by atoms with E-state index < -0.39 is 0 Å². The van der Waals surface area contributed by atoms with Gasteiger partial charge in [-0.2, -0.15) is 4.57 Å². The monoisotopic (exact) mass is 174 g/mol. The predicted molar refractivity (Wildman–Crippen MR) is 49.2 cm³/mol. The fourth-order valence-corrected chi connectivity index (χ4v) is 1.32. The maximum absolute atomic E-state index is 5.20. The van der Waals surface area contributed by atoms with Crippen LogP contribution in [0.1, 0.15) is 11.5 Å². The first-order valence-corrected chi connectivity index (χ1v) is 4.34. The van der Waals surface area contributed by atoms with E-state index in [9.17, 15) is 0 Å². The van der Waals surface area contributed by atoms with Crippen LogP contribution in [0, 0.1) is 6.92 Å². The Labute approximate surface area is 77.4 Å². The van der Waals surface area contributed by atoms with Crippen LogP contribution in [-0.4, -0.2) is 0 Å². The minimum Gasteiger partial charge on any atom is -0.410 e. The van der Waals surface area contributed by atoms with E-state index in [-0.39, 0.29) is 0 Å². The summed E-state index contributed by atoms with van der Waals surface area (Å²) < 4.78 is 7.28. The van der Waals surface area contributed by atoms with Crippen molar-refractivity contribution in [1.82, 2.24) is 0 Å². The molecule has 0 radical (unpaired) electrons. The third kappa shape index (κ3) is 1.78. The molecule has 0 aliphatic heterocycles. The minimum absolute atomic E-state index is 0.878. The standard InChI is InChI=1S/C11H12NO/c1-10-12(7-8-13-10)9-11-5-3-2-4-6-11/h2-8H,9H2,1H3/q+1. The molecule has 1 heterocycles. The summed E-state index contributed by atoms with van der Waals surface area (Å²) in [4.78, 5) is 0. The smallest absolute Gasteiger partial charge is 0.343 e. The van der Waals surface area contributed by atoms with E-state index in [1.54, 1.807) is 6.26 Å². The molecule has 1 aromatic heterocycles. The maximum atomic E-state index is 5.20. The Bertz CT molecular complexity index is 378. The molecule has 0 aliphatic carbocycles. The molecule has 0 atom stereocenters. The van der Waals surface area contributed by atoms with Crippen molar-refractivity contribution in [3.8, 4) is 0 Å². The Morgan fingerprint density at radius 3 is 2.62 bits per heavy atom. The molecule has 0 fully saturated rings. The number of nitrogens with zero attached hydrogens (tertiary/aromatic N) is 1. The molecule has 13 heavy (non-hydrogen) atoms. The summed E-state index contributed by atoms with van der Waals surface area (Å²) in [6, 6.07) is 10.3. The summed E-state index contributed by atoms with van der Waals surface area (Å²) in [5, 5.41) is 0. The number of hydrogen-bond acceptors (Lipinski definition) is 1. The Kier molecular flexibility index (Phi) is 2.13. The number of benzene rings is 1. The summed E-state index contributed by atoms with van der Waals surface area (Å²) in [7, 11) is 0. The Balaban J connectivity index is 2.20. The Hall–Kier alpha value is -1.57. The molecular weight excluding hydrogens is 162 g/mol. The summed E-state index contributed by atoms with van der Waals surface area (Å²) in [6.45, 7) is 2.84. The number of oxazole rings is 1. The van der Waals surface area contributed by atoms with E-state index in [0.717, 1.165) is 12.4 Å². The maximum Gasteiger partial charge on any atom is 0.343 e. The van der Waals surface area contributed by atoms with Crippen molar-refractivity contribution in [2.24, 2.45) is 0 Å². The van der Waals surface area contributed by atoms with Crippen LogP contribution in [0.25, 0.3) is 0 Å². The van der Waals surface area contributed by atoms with E-state index in [4.69, 9.17) is 4.42 Å². The molecule has 0 bridgehead atoms. The average molecular weight is 174 g/mol. The first-order chi connectivity index (χ1) is 6.36. The molecule has 0 aliphatic rings. The zero-order chi connectivity index (χ0) is 9.10. The molecule has 1 aromatic carbocycles. The highest BCUT2D eigenvalue weighted by Gasteiger charge is 2.08. The molecule has 0 saturated heterocycles. The molecule has 2 heteroatoms. The summed E-state index contributed by atoms with van der Waals surface area (Å²) in [5.74, 6) is 0.934. The molecule has 0 N–H and O–H groups in total. The van der Waals surface area contributed by atoms with Crippen molar-refractivity contribution < 1.29 is 8.98 Å². The van der Waals surface area contributed by atoms with Gasteiger partial charge in [-0.05, 0) is 0 Å². The Morgan fingerprint density at radius 2 is 2.00 bits per heavy atom. The largest absolute Gasteiger partial charge is 0.410 e. The quantitative estimate of drug-likeness (QED) is 0.636. The lowest BCUT2D eigenvalue weighted by Gasteiger charge is -1.93. The van der Waals surface area contributed by atoms with Crippen LogP contribution in [0.3, 0.4) is 0 Å². The molecule has 0 saturated carbocycles. The molecular formula is C11H12NO+. The number of hydrogen-bond donors (Lipinski definition) is 0. The van der Waals surface area contributed by atoms with Crippen LogP contribution < -0.4 is 4.57 Å². The number of aromatic nitrogens is 1. The third-order valence-electron chi connectivity index (χ3n) is 2.08. The van der Waals surface area contributed by atoms with Crippen molar-refractivity contribution in [1.29, 1.82) is 0 Å². The van der Waals surface area contributed by atoms with Crippen LogP contribution >= 0.6 is 0 Å². The van der Waals surface area contributed by atoms with E-state index in [0.29, 0.717) is 0 Å². The summed E-state index contributed by atoms with van der Waals surface area (Å²) in [5.41, 5.74) is 1.29. The highest BCUT2D eigenvalue weighted by Crippen LogP contribution is 1.98. The van der Waals surface area contributed by atoms with Crippen molar-refractivity contribution in [2.45, 2.75) is 13.5 Å².